The highest BCUT2D eigenvalue weighted by molar-refractivity contribution is 7.12. The first-order chi connectivity index (χ1) is 13.3. The molecule has 1 fully saturated rings. The van der Waals surface area contributed by atoms with E-state index in [4.69, 9.17) is 5.26 Å². The molecule has 4 rings (SSSR count). The number of carbonyl (C=O) groups is 1. The van der Waals surface area contributed by atoms with Crippen molar-refractivity contribution in [3.8, 4) is 17.2 Å². The lowest BCUT2D eigenvalue weighted by atomic mass is 10.1. The first-order valence-electron chi connectivity index (χ1n) is 8.79. The number of hydrogen-bond acceptors (Lipinski definition) is 5. The smallest absolute Gasteiger partial charge is 0.264 e. The Labute approximate surface area is 162 Å². The van der Waals surface area contributed by atoms with Crippen LogP contribution >= 0.6 is 11.3 Å². The van der Waals surface area contributed by atoms with E-state index in [1.807, 2.05) is 46.7 Å². The molecule has 5 nitrogen and oxygen atoms in total. The zero-order valence-corrected chi connectivity index (χ0v) is 15.5. The Kier molecular flexibility index (Phi) is 4.86. The Balaban J connectivity index is 1.47. The maximum Gasteiger partial charge on any atom is 0.264 e. The summed E-state index contributed by atoms with van der Waals surface area (Å²) in [5.74, 6) is 0.879. The van der Waals surface area contributed by atoms with Crippen molar-refractivity contribution in [2.45, 2.75) is 0 Å². The maximum absolute atomic E-state index is 13.1. The molecular weight excluding hydrogens is 356 g/mol. The Bertz CT molecular complexity index is 985. The molecule has 27 heavy (non-hydrogen) atoms. The van der Waals surface area contributed by atoms with Gasteiger partial charge in [0.15, 0.2) is 0 Å². The average molecular weight is 374 g/mol. The minimum Gasteiger partial charge on any atom is -0.353 e. The van der Waals surface area contributed by atoms with Gasteiger partial charge in [0.05, 0.1) is 16.5 Å². The van der Waals surface area contributed by atoms with Crippen molar-refractivity contribution in [2.24, 2.45) is 0 Å². The number of hydrogen-bond donors (Lipinski definition) is 0. The summed E-state index contributed by atoms with van der Waals surface area (Å²) >= 11 is 1.50. The molecule has 2 aromatic heterocycles. The fraction of sp³-hybridized carbons (Fsp3) is 0.190. The van der Waals surface area contributed by atoms with Crippen LogP contribution in [0.3, 0.4) is 0 Å². The molecular formula is C21H18N4OS. The van der Waals surface area contributed by atoms with E-state index in [1.54, 1.807) is 18.3 Å². The number of anilines is 1. The standard InChI is InChI=1S/C21H18N4OS/c22-15-16-6-8-23-19(14-16)24-9-11-25(12-10-24)21(26)20-18(7-13-27-20)17-4-2-1-3-5-17/h1-8,13-14H,9-12H2. The summed E-state index contributed by atoms with van der Waals surface area (Å²) in [5, 5.41) is 11.0. The predicted octanol–water partition coefficient (Wildman–Crippen LogP) is 3.64. The van der Waals surface area contributed by atoms with Gasteiger partial charge in [-0.3, -0.25) is 4.79 Å². The van der Waals surface area contributed by atoms with Crippen LogP contribution in [-0.2, 0) is 0 Å². The topological polar surface area (TPSA) is 60.2 Å². The Morgan fingerprint density at radius 2 is 1.85 bits per heavy atom. The molecule has 0 atom stereocenters. The van der Waals surface area contributed by atoms with Crippen LogP contribution in [0.4, 0.5) is 5.82 Å². The number of pyridine rings is 1. The fourth-order valence-electron chi connectivity index (χ4n) is 3.26. The van der Waals surface area contributed by atoms with E-state index in [0.29, 0.717) is 31.7 Å². The monoisotopic (exact) mass is 374 g/mol. The SMILES string of the molecule is N#Cc1ccnc(N2CCN(C(=O)c3sccc3-c3ccccc3)CC2)c1. The van der Waals surface area contributed by atoms with Gasteiger partial charge < -0.3 is 9.80 Å². The van der Waals surface area contributed by atoms with Gasteiger partial charge in [-0.05, 0) is 29.1 Å². The molecule has 1 amide bonds. The molecule has 3 aromatic rings. The fourth-order valence-corrected chi connectivity index (χ4v) is 4.15. The van der Waals surface area contributed by atoms with Crippen molar-refractivity contribution in [1.82, 2.24) is 9.88 Å². The lowest BCUT2D eigenvalue weighted by Gasteiger charge is -2.35. The third kappa shape index (κ3) is 3.55. The molecule has 0 bridgehead atoms. The van der Waals surface area contributed by atoms with Gasteiger partial charge in [0.1, 0.15) is 5.82 Å². The quantitative estimate of drug-likeness (QED) is 0.702. The third-order valence-corrected chi connectivity index (χ3v) is 5.61. The van der Waals surface area contributed by atoms with E-state index < -0.39 is 0 Å². The van der Waals surface area contributed by atoms with Crippen LogP contribution in [0.25, 0.3) is 11.1 Å². The van der Waals surface area contributed by atoms with Gasteiger partial charge in [0.25, 0.3) is 5.91 Å². The van der Waals surface area contributed by atoms with Gasteiger partial charge in [-0.1, -0.05) is 30.3 Å². The summed E-state index contributed by atoms with van der Waals surface area (Å²) in [6.07, 6.45) is 1.66. The molecule has 1 aromatic carbocycles. The van der Waals surface area contributed by atoms with Crippen LogP contribution in [0.5, 0.6) is 0 Å². The van der Waals surface area contributed by atoms with E-state index in [-0.39, 0.29) is 5.91 Å². The van der Waals surface area contributed by atoms with Crippen molar-refractivity contribution < 1.29 is 4.79 Å². The molecule has 134 valence electrons. The van der Waals surface area contributed by atoms with Gasteiger partial charge in [-0.2, -0.15) is 5.26 Å². The number of amides is 1. The molecule has 0 radical (unpaired) electrons. The minimum absolute atomic E-state index is 0.0854. The molecule has 0 aliphatic carbocycles. The van der Waals surface area contributed by atoms with Gasteiger partial charge in [-0.25, -0.2) is 4.98 Å². The molecule has 3 heterocycles. The number of thiophene rings is 1. The summed E-state index contributed by atoms with van der Waals surface area (Å²) in [6, 6.07) is 17.7. The number of nitrogens with zero attached hydrogens (tertiary/aromatic N) is 4. The van der Waals surface area contributed by atoms with E-state index in [1.165, 1.54) is 11.3 Å². The summed E-state index contributed by atoms with van der Waals surface area (Å²) in [6.45, 7) is 2.70. The lowest BCUT2D eigenvalue weighted by Crippen LogP contribution is -2.49. The molecule has 0 spiro atoms. The Hall–Kier alpha value is -3.17. The van der Waals surface area contributed by atoms with Gasteiger partial charge in [0.2, 0.25) is 0 Å². The van der Waals surface area contributed by atoms with Gasteiger partial charge in [-0.15, -0.1) is 11.3 Å². The highest BCUT2D eigenvalue weighted by Crippen LogP contribution is 2.29. The van der Waals surface area contributed by atoms with Gasteiger partial charge in [0, 0.05) is 37.9 Å². The van der Waals surface area contributed by atoms with Crippen molar-refractivity contribution in [2.75, 3.05) is 31.1 Å². The zero-order chi connectivity index (χ0) is 18.6. The molecule has 1 aliphatic heterocycles. The lowest BCUT2D eigenvalue weighted by molar-refractivity contribution is 0.0752. The highest BCUT2D eigenvalue weighted by atomic mass is 32.1. The molecule has 0 unspecified atom stereocenters. The third-order valence-electron chi connectivity index (χ3n) is 4.71. The van der Waals surface area contributed by atoms with Crippen molar-refractivity contribution >= 4 is 23.1 Å². The van der Waals surface area contributed by atoms with Crippen LogP contribution in [0, 0.1) is 11.3 Å². The van der Waals surface area contributed by atoms with E-state index in [0.717, 1.165) is 21.8 Å². The average Bonchev–Trinajstić information content (AvgIpc) is 3.24. The maximum atomic E-state index is 13.1. The second-order valence-electron chi connectivity index (χ2n) is 6.32. The first kappa shape index (κ1) is 17.3. The second-order valence-corrected chi connectivity index (χ2v) is 7.24. The summed E-state index contributed by atoms with van der Waals surface area (Å²) in [7, 11) is 0. The minimum atomic E-state index is 0.0854. The van der Waals surface area contributed by atoms with Crippen LogP contribution in [0.2, 0.25) is 0 Å². The number of nitriles is 1. The zero-order valence-electron chi connectivity index (χ0n) is 14.7. The molecule has 6 heteroatoms. The van der Waals surface area contributed by atoms with E-state index in [2.05, 4.69) is 16.0 Å². The van der Waals surface area contributed by atoms with Crippen LogP contribution in [-0.4, -0.2) is 42.0 Å². The summed E-state index contributed by atoms with van der Waals surface area (Å²) < 4.78 is 0. The largest absolute Gasteiger partial charge is 0.353 e. The molecule has 1 saturated heterocycles. The molecule has 0 saturated carbocycles. The Morgan fingerprint density at radius 1 is 1.07 bits per heavy atom. The number of piperazine rings is 1. The molecule has 0 N–H and O–H groups in total. The first-order valence-corrected chi connectivity index (χ1v) is 9.67. The van der Waals surface area contributed by atoms with E-state index >= 15 is 0 Å². The second kappa shape index (κ2) is 7.60. The number of aromatic nitrogens is 1. The van der Waals surface area contributed by atoms with Crippen molar-refractivity contribution in [3.05, 3.63) is 70.5 Å². The van der Waals surface area contributed by atoms with Crippen LogP contribution in [0.15, 0.2) is 60.1 Å². The van der Waals surface area contributed by atoms with Crippen molar-refractivity contribution in [1.29, 1.82) is 5.26 Å². The highest BCUT2D eigenvalue weighted by Gasteiger charge is 2.25. The van der Waals surface area contributed by atoms with Gasteiger partial charge >= 0.3 is 0 Å². The van der Waals surface area contributed by atoms with Crippen molar-refractivity contribution in [3.63, 3.8) is 0 Å². The van der Waals surface area contributed by atoms with Crippen LogP contribution in [0.1, 0.15) is 15.2 Å². The summed E-state index contributed by atoms with van der Waals surface area (Å²) in [5.41, 5.74) is 2.67. The number of carbonyl (C=O) groups excluding carboxylic acids is 1. The normalized spacial score (nSPS) is 14.0. The predicted molar refractivity (Wildman–Crippen MR) is 107 cm³/mol. The van der Waals surface area contributed by atoms with Crippen LogP contribution < -0.4 is 4.90 Å². The molecule has 1 aliphatic rings. The number of rotatable bonds is 3. The Morgan fingerprint density at radius 3 is 2.59 bits per heavy atom. The van der Waals surface area contributed by atoms with E-state index in [9.17, 15) is 4.79 Å². The number of benzene rings is 1. The summed E-state index contributed by atoms with van der Waals surface area (Å²) in [4.78, 5) is 22.2.